The first-order valence-electron chi connectivity index (χ1n) is 8.37. The van der Waals surface area contributed by atoms with Crippen molar-refractivity contribution in [2.24, 2.45) is 0 Å². The topological polar surface area (TPSA) is 64.6 Å². The van der Waals surface area contributed by atoms with Crippen molar-refractivity contribution >= 4 is 18.0 Å². The first kappa shape index (κ1) is 18.2. The number of carbonyl (C=O) groups is 2. The fraction of sp³-hybridized carbons (Fsp3) is 0.474. The van der Waals surface area contributed by atoms with Gasteiger partial charge in [0.1, 0.15) is 6.10 Å². The van der Waals surface area contributed by atoms with Gasteiger partial charge >= 0.3 is 11.9 Å². The Bertz CT molecular complexity index is 574. The minimum atomic E-state index is -0.380. The highest BCUT2D eigenvalue weighted by atomic mass is 16.5. The molecule has 0 heterocycles. The Hall–Kier alpha value is -2.14. The average Bonchev–Trinajstić information content (AvgIpc) is 3.10. The predicted molar refractivity (Wildman–Crippen MR) is 92.3 cm³/mol. The Kier molecular flexibility index (Phi) is 7.00. The fourth-order valence-electron chi connectivity index (χ4n) is 2.72. The Balaban J connectivity index is 1.79. The van der Waals surface area contributed by atoms with Gasteiger partial charge in [0.2, 0.25) is 0 Å². The largest absolute Gasteiger partial charge is 0.466 e. The summed E-state index contributed by atoms with van der Waals surface area (Å²) in [6.45, 7) is 2.21. The summed E-state index contributed by atoms with van der Waals surface area (Å²) in [6, 6.07) is 7.82. The van der Waals surface area contributed by atoms with Gasteiger partial charge in [0.05, 0.1) is 13.7 Å². The van der Waals surface area contributed by atoms with Crippen molar-refractivity contribution in [1.29, 1.82) is 0 Å². The van der Waals surface area contributed by atoms with Gasteiger partial charge in [-0.25, -0.2) is 4.79 Å². The maximum absolute atomic E-state index is 11.8. The molecule has 5 heteroatoms. The summed E-state index contributed by atoms with van der Waals surface area (Å²) < 4.78 is 9.98. The highest BCUT2D eigenvalue weighted by molar-refractivity contribution is 5.86. The second-order valence-electron chi connectivity index (χ2n) is 6.02. The zero-order valence-corrected chi connectivity index (χ0v) is 14.3. The third-order valence-electron chi connectivity index (χ3n) is 4.20. The van der Waals surface area contributed by atoms with Crippen LogP contribution in [0.2, 0.25) is 0 Å². The summed E-state index contributed by atoms with van der Waals surface area (Å²) in [6.07, 6.45) is 7.47. The predicted octanol–water partition coefficient (Wildman–Crippen LogP) is 3.01. The van der Waals surface area contributed by atoms with Gasteiger partial charge in [-0.05, 0) is 49.8 Å². The van der Waals surface area contributed by atoms with Crippen molar-refractivity contribution in [3.8, 4) is 0 Å². The summed E-state index contributed by atoms with van der Waals surface area (Å²) in [5.41, 5.74) is 1.98. The standard InChI is InChI=1S/C19H25NO4/c1-14(20-13-19(22)24-17-5-3-4-6-17)16-10-7-15(8-11-16)9-12-18(21)23-2/h7-12,14,17,20H,3-6,13H2,1-2H3/b12-9+. The minimum Gasteiger partial charge on any atom is -0.466 e. The number of carbonyl (C=O) groups excluding carboxylic acids is 2. The lowest BCUT2D eigenvalue weighted by Crippen LogP contribution is -2.29. The van der Waals surface area contributed by atoms with Crippen LogP contribution in [0.3, 0.4) is 0 Å². The number of esters is 2. The van der Waals surface area contributed by atoms with Gasteiger partial charge < -0.3 is 14.8 Å². The zero-order chi connectivity index (χ0) is 17.4. The zero-order valence-electron chi connectivity index (χ0n) is 14.3. The SMILES string of the molecule is COC(=O)/C=C/c1ccc(C(C)NCC(=O)OC2CCCC2)cc1. The molecule has 1 aromatic carbocycles. The van der Waals surface area contributed by atoms with E-state index < -0.39 is 0 Å². The highest BCUT2D eigenvalue weighted by Gasteiger charge is 2.19. The molecule has 0 aliphatic heterocycles. The van der Waals surface area contributed by atoms with E-state index in [2.05, 4.69) is 10.1 Å². The monoisotopic (exact) mass is 331 g/mol. The van der Waals surface area contributed by atoms with Crippen molar-refractivity contribution in [2.45, 2.75) is 44.8 Å². The second kappa shape index (κ2) is 9.23. The Morgan fingerprint density at radius 2 is 1.92 bits per heavy atom. The average molecular weight is 331 g/mol. The Morgan fingerprint density at radius 1 is 1.25 bits per heavy atom. The van der Waals surface area contributed by atoms with E-state index in [1.54, 1.807) is 6.08 Å². The molecule has 0 spiro atoms. The van der Waals surface area contributed by atoms with E-state index in [0.717, 1.165) is 36.8 Å². The van der Waals surface area contributed by atoms with Gasteiger partial charge in [0.25, 0.3) is 0 Å². The van der Waals surface area contributed by atoms with Crippen molar-refractivity contribution in [3.63, 3.8) is 0 Å². The van der Waals surface area contributed by atoms with Gasteiger partial charge in [-0.3, -0.25) is 4.79 Å². The van der Waals surface area contributed by atoms with Crippen LogP contribution in [0.4, 0.5) is 0 Å². The van der Waals surface area contributed by atoms with Crippen LogP contribution in [0.25, 0.3) is 6.08 Å². The molecular weight excluding hydrogens is 306 g/mol. The van der Waals surface area contributed by atoms with Crippen LogP contribution in [0.5, 0.6) is 0 Å². The summed E-state index contributed by atoms with van der Waals surface area (Å²) in [5.74, 6) is -0.568. The molecule has 0 aromatic heterocycles. The highest BCUT2D eigenvalue weighted by Crippen LogP contribution is 2.21. The lowest BCUT2D eigenvalue weighted by Gasteiger charge is -2.16. The Labute approximate surface area is 143 Å². The number of benzene rings is 1. The van der Waals surface area contributed by atoms with E-state index in [4.69, 9.17) is 4.74 Å². The quantitative estimate of drug-likeness (QED) is 0.614. The smallest absolute Gasteiger partial charge is 0.330 e. The van der Waals surface area contributed by atoms with Crippen LogP contribution in [-0.2, 0) is 19.1 Å². The maximum Gasteiger partial charge on any atom is 0.330 e. The van der Waals surface area contributed by atoms with Crippen LogP contribution in [0.15, 0.2) is 30.3 Å². The van der Waals surface area contributed by atoms with E-state index in [1.807, 2.05) is 31.2 Å². The number of hydrogen-bond acceptors (Lipinski definition) is 5. The van der Waals surface area contributed by atoms with Gasteiger partial charge in [-0.1, -0.05) is 24.3 Å². The molecule has 0 radical (unpaired) electrons. The molecule has 24 heavy (non-hydrogen) atoms. The molecule has 5 nitrogen and oxygen atoms in total. The van der Waals surface area contributed by atoms with Crippen molar-refractivity contribution in [1.82, 2.24) is 5.32 Å². The summed E-state index contributed by atoms with van der Waals surface area (Å²) in [7, 11) is 1.35. The summed E-state index contributed by atoms with van der Waals surface area (Å²) in [4.78, 5) is 22.9. The fourth-order valence-corrected chi connectivity index (χ4v) is 2.72. The molecule has 1 fully saturated rings. The molecule has 0 amide bonds. The normalized spacial score (nSPS) is 16.2. The number of rotatable bonds is 7. The molecule has 1 aliphatic rings. The molecule has 2 rings (SSSR count). The molecule has 1 N–H and O–H groups in total. The van der Waals surface area contributed by atoms with Crippen molar-refractivity contribution in [2.75, 3.05) is 13.7 Å². The van der Waals surface area contributed by atoms with E-state index in [-0.39, 0.29) is 30.6 Å². The van der Waals surface area contributed by atoms with Crippen LogP contribution in [0, 0.1) is 0 Å². The van der Waals surface area contributed by atoms with E-state index in [0.29, 0.717) is 0 Å². The summed E-state index contributed by atoms with van der Waals surface area (Å²) >= 11 is 0. The molecule has 1 aliphatic carbocycles. The minimum absolute atomic E-state index is 0.0414. The number of nitrogens with one attached hydrogen (secondary N) is 1. The molecular formula is C19H25NO4. The number of ether oxygens (including phenoxy) is 2. The first-order valence-corrected chi connectivity index (χ1v) is 8.37. The van der Waals surface area contributed by atoms with Gasteiger partial charge in [0.15, 0.2) is 0 Å². The van der Waals surface area contributed by atoms with Crippen LogP contribution in [-0.4, -0.2) is 31.7 Å². The molecule has 130 valence electrons. The van der Waals surface area contributed by atoms with Crippen LogP contribution in [0.1, 0.15) is 49.8 Å². The van der Waals surface area contributed by atoms with Crippen molar-refractivity contribution in [3.05, 3.63) is 41.5 Å². The van der Waals surface area contributed by atoms with E-state index in [9.17, 15) is 9.59 Å². The molecule has 1 atom stereocenters. The molecule has 1 unspecified atom stereocenters. The van der Waals surface area contributed by atoms with E-state index in [1.165, 1.54) is 13.2 Å². The van der Waals surface area contributed by atoms with Gasteiger partial charge in [-0.15, -0.1) is 0 Å². The molecule has 0 saturated heterocycles. The van der Waals surface area contributed by atoms with E-state index >= 15 is 0 Å². The molecule has 1 aromatic rings. The van der Waals surface area contributed by atoms with Crippen LogP contribution < -0.4 is 5.32 Å². The lowest BCUT2D eigenvalue weighted by atomic mass is 10.1. The number of hydrogen-bond donors (Lipinski definition) is 1. The Morgan fingerprint density at radius 3 is 2.54 bits per heavy atom. The van der Waals surface area contributed by atoms with Gasteiger partial charge in [-0.2, -0.15) is 0 Å². The van der Waals surface area contributed by atoms with Crippen molar-refractivity contribution < 1.29 is 19.1 Å². The second-order valence-corrected chi connectivity index (χ2v) is 6.02. The first-order chi connectivity index (χ1) is 11.6. The molecule has 1 saturated carbocycles. The van der Waals surface area contributed by atoms with Gasteiger partial charge in [0, 0.05) is 12.1 Å². The third kappa shape index (κ3) is 5.81. The third-order valence-corrected chi connectivity index (χ3v) is 4.20. The molecule has 0 bridgehead atoms. The van der Waals surface area contributed by atoms with Crippen LogP contribution >= 0.6 is 0 Å². The summed E-state index contributed by atoms with van der Waals surface area (Å²) in [5, 5.41) is 3.18. The number of methoxy groups -OCH3 is 1. The lowest BCUT2D eigenvalue weighted by molar-refractivity contribution is -0.147. The maximum atomic E-state index is 11.8.